The summed E-state index contributed by atoms with van der Waals surface area (Å²) in [6.07, 6.45) is 0. The van der Waals surface area contributed by atoms with Crippen LogP contribution < -0.4 is 0 Å². The first kappa shape index (κ1) is 13.8. The maximum Gasteiger partial charge on any atom is 0.291 e. The Morgan fingerprint density at radius 2 is 1.61 bits per heavy atom. The summed E-state index contributed by atoms with van der Waals surface area (Å²) in [7, 11) is 0. The molecular weight excluding hydrogens is 258 g/mol. The van der Waals surface area contributed by atoms with Crippen molar-refractivity contribution in [3.8, 4) is 11.5 Å². The van der Waals surface area contributed by atoms with Crippen LogP contribution >= 0.6 is 11.6 Å². The highest BCUT2D eigenvalue weighted by molar-refractivity contribution is 6.34. The number of hydrogen-bond acceptors (Lipinski definition) is 4. The van der Waals surface area contributed by atoms with Gasteiger partial charge in [0.15, 0.2) is 5.02 Å². The molecule has 0 unspecified atom stereocenters. The van der Waals surface area contributed by atoms with Gasteiger partial charge in [-0.3, -0.25) is 10.1 Å². The molecule has 0 bridgehead atoms. The first-order chi connectivity index (χ1) is 8.52. The molecule has 0 aliphatic rings. The quantitative estimate of drug-likeness (QED) is 0.613. The summed E-state index contributed by atoms with van der Waals surface area (Å²) in [6.45, 7) is 0. The van der Waals surface area contributed by atoms with Crippen molar-refractivity contribution >= 4 is 17.3 Å². The van der Waals surface area contributed by atoms with Crippen LogP contribution in [0.3, 0.4) is 0 Å². The van der Waals surface area contributed by atoms with E-state index >= 15 is 0 Å². The molecule has 2 aromatic carbocycles. The van der Waals surface area contributed by atoms with E-state index in [4.69, 9.17) is 21.8 Å². The number of nitro groups is 1. The van der Waals surface area contributed by atoms with Crippen LogP contribution in [-0.4, -0.2) is 15.1 Å². The SMILES string of the molecule is O=[N+]([O-])c1cccc(O)c1Cl.Oc1ccccc1. The van der Waals surface area contributed by atoms with E-state index in [0.717, 1.165) is 0 Å². The second-order valence-electron chi connectivity index (χ2n) is 3.20. The highest BCUT2D eigenvalue weighted by Crippen LogP contribution is 2.31. The second kappa shape index (κ2) is 6.46. The predicted octanol–water partition coefficient (Wildman–Crippen LogP) is 3.35. The number of para-hydroxylation sites is 1. The zero-order chi connectivity index (χ0) is 13.5. The molecule has 2 rings (SSSR count). The minimum absolute atomic E-state index is 0.225. The molecule has 6 heteroatoms. The molecule has 0 aromatic heterocycles. The standard InChI is InChI=1S/C6H4ClNO3.C6H6O/c7-6-4(8(10)11)2-1-3-5(6)9;7-6-4-2-1-3-5-6/h1-3,9H;1-5,7H. The number of halogens is 1. The normalized spacial score (nSPS) is 9.17. The second-order valence-corrected chi connectivity index (χ2v) is 3.58. The van der Waals surface area contributed by atoms with E-state index in [1.165, 1.54) is 18.2 Å². The van der Waals surface area contributed by atoms with E-state index in [1.54, 1.807) is 24.3 Å². The fourth-order valence-corrected chi connectivity index (χ4v) is 1.27. The van der Waals surface area contributed by atoms with E-state index in [2.05, 4.69) is 0 Å². The highest BCUT2D eigenvalue weighted by atomic mass is 35.5. The van der Waals surface area contributed by atoms with Crippen LogP contribution in [0.5, 0.6) is 11.5 Å². The molecule has 0 heterocycles. The third-order valence-electron chi connectivity index (χ3n) is 1.91. The number of rotatable bonds is 1. The molecule has 5 nitrogen and oxygen atoms in total. The topological polar surface area (TPSA) is 83.6 Å². The van der Waals surface area contributed by atoms with E-state index in [9.17, 15) is 10.1 Å². The number of phenols is 2. The Morgan fingerprint density at radius 1 is 1.00 bits per heavy atom. The molecule has 0 aliphatic heterocycles. The van der Waals surface area contributed by atoms with Gasteiger partial charge in [0.05, 0.1) is 4.92 Å². The lowest BCUT2D eigenvalue weighted by Gasteiger charge is -1.95. The maximum absolute atomic E-state index is 10.2. The zero-order valence-corrected chi connectivity index (χ0v) is 9.91. The largest absolute Gasteiger partial charge is 0.508 e. The number of benzene rings is 2. The number of phenolic OH excluding ortho intramolecular Hbond substituents is 2. The summed E-state index contributed by atoms with van der Waals surface area (Å²) in [4.78, 5) is 9.53. The summed E-state index contributed by atoms with van der Waals surface area (Å²) < 4.78 is 0. The first-order valence-corrected chi connectivity index (χ1v) is 5.26. The van der Waals surface area contributed by atoms with Crippen LogP contribution in [0.1, 0.15) is 0 Å². The lowest BCUT2D eigenvalue weighted by atomic mass is 10.3. The molecule has 2 aromatic rings. The van der Waals surface area contributed by atoms with Crippen LogP contribution in [-0.2, 0) is 0 Å². The van der Waals surface area contributed by atoms with Gasteiger partial charge in [0.25, 0.3) is 5.69 Å². The van der Waals surface area contributed by atoms with Crippen LogP contribution in [0.25, 0.3) is 0 Å². The average Bonchev–Trinajstić information content (AvgIpc) is 2.34. The predicted molar refractivity (Wildman–Crippen MR) is 67.9 cm³/mol. The lowest BCUT2D eigenvalue weighted by molar-refractivity contribution is -0.384. The van der Waals surface area contributed by atoms with Crippen molar-refractivity contribution in [3.63, 3.8) is 0 Å². The maximum atomic E-state index is 10.2. The summed E-state index contributed by atoms with van der Waals surface area (Å²) in [6, 6.07) is 12.6. The number of hydrogen-bond donors (Lipinski definition) is 2. The van der Waals surface area contributed by atoms with Crippen LogP contribution in [0.4, 0.5) is 5.69 Å². The van der Waals surface area contributed by atoms with Gasteiger partial charge in [-0.25, -0.2) is 0 Å². The van der Waals surface area contributed by atoms with E-state index in [1.807, 2.05) is 6.07 Å². The Kier molecular flexibility index (Phi) is 4.95. The van der Waals surface area contributed by atoms with Crippen molar-refractivity contribution in [1.82, 2.24) is 0 Å². The van der Waals surface area contributed by atoms with Gasteiger partial charge in [-0.05, 0) is 18.2 Å². The van der Waals surface area contributed by atoms with Gasteiger partial charge in [0, 0.05) is 6.07 Å². The van der Waals surface area contributed by atoms with E-state index in [0.29, 0.717) is 5.75 Å². The smallest absolute Gasteiger partial charge is 0.291 e. The summed E-state index contributed by atoms with van der Waals surface area (Å²) in [5, 5.41) is 27.5. The minimum Gasteiger partial charge on any atom is -0.508 e. The Balaban J connectivity index is 0.000000199. The van der Waals surface area contributed by atoms with Gasteiger partial charge < -0.3 is 10.2 Å². The number of nitro benzene ring substituents is 1. The molecule has 2 N–H and O–H groups in total. The van der Waals surface area contributed by atoms with Gasteiger partial charge in [-0.1, -0.05) is 35.9 Å². The van der Waals surface area contributed by atoms with E-state index in [-0.39, 0.29) is 16.5 Å². The van der Waals surface area contributed by atoms with Crippen LogP contribution in [0, 0.1) is 10.1 Å². The van der Waals surface area contributed by atoms with Gasteiger partial charge in [0.1, 0.15) is 11.5 Å². The summed E-state index contributed by atoms with van der Waals surface area (Å²) in [5.74, 6) is 0.0448. The number of aromatic hydroxyl groups is 2. The van der Waals surface area contributed by atoms with Gasteiger partial charge in [-0.15, -0.1) is 0 Å². The first-order valence-electron chi connectivity index (χ1n) is 4.88. The fraction of sp³-hybridized carbons (Fsp3) is 0. The Morgan fingerprint density at radius 3 is 2.00 bits per heavy atom. The van der Waals surface area contributed by atoms with Crippen molar-refractivity contribution in [3.05, 3.63) is 63.7 Å². The van der Waals surface area contributed by atoms with Crippen molar-refractivity contribution in [2.75, 3.05) is 0 Å². The molecule has 0 fully saturated rings. The third kappa shape index (κ3) is 3.95. The Labute approximate surface area is 108 Å². The van der Waals surface area contributed by atoms with Crippen molar-refractivity contribution in [2.24, 2.45) is 0 Å². The molecule has 0 aliphatic carbocycles. The molecule has 18 heavy (non-hydrogen) atoms. The molecule has 0 radical (unpaired) electrons. The van der Waals surface area contributed by atoms with Crippen molar-refractivity contribution in [2.45, 2.75) is 0 Å². The van der Waals surface area contributed by atoms with Gasteiger partial charge >= 0.3 is 0 Å². The van der Waals surface area contributed by atoms with Crippen LogP contribution in [0.2, 0.25) is 5.02 Å². The minimum atomic E-state index is -0.651. The molecular formula is C12H10ClNO4. The van der Waals surface area contributed by atoms with E-state index < -0.39 is 4.92 Å². The van der Waals surface area contributed by atoms with Gasteiger partial charge in [0.2, 0.25) is 0 Å². The summed E-state index contributed by atoms with van der Waals surface area (Å²) in [5.41, 5.74) is -0.285. The molecule has 0 amide bonds. The highest BCUT2D eigenvalue weighted by Gasteiger charge is 2.13. The Hall–Kier alpha value is -2.27. The van der Waals surface area contributed by atoms with Crippen molar-refractivity contribution < 1.29 is 15.1 Å². The zero-order valence-electron chi connectivity index (χ0n) is 9.15. The molecule has 0 saturated heterocycles. The third-order valence-corrected chi connectivity index (χ3v) is 2.30. The molecule has 0 saturated carbocycles. The fourth-order valence-electron chi connectivity index (χ4n) is 1.08. The Bertz CT molecular complexity index is 531. The molecule has 94 valence electrons. The van der Waals surface area contributed by atoms with Gasteiger partial charge in [-0.2, -0.15) is 0 Å². The van der Waals surface area contributed by atoms with Crippen molar-refractivity contribution in [1.29, 1.82) is 0 Å². The molecule has 0 atom stereocenters. The molecule has 0 spiro atoms. The lowest BCUT2D eigenvalue weighted by Crippen LogP contribution is -1.87. The summed E-state index contributed by atoms with van der Waals surface area (Å²) >= 11 is 5.40. The monoisotopic (exact) mass is 267 g/mol. The van der Waals surface area contributed by atoms with Crippen LogP contribution in [0.15, 0.2) is 48.5 Å². The average molecular weight is 268 g/mol. The number of nitrogens with zero attached hydrogens (tertiary/aromatic N) is 1.